The fourth-order valence-electron chi connectivity index (χ4n) is 5.99. The lowest BCUT2D eigenvalue weighted by Gasteiger charge is -2.55. The van der Waals surface area contributed by atoms with Gasteiger partial charge in [0, 0.05) is 24.9 Å². The molecule has 4 saturated carbocycles. The van der Waals surface area contributed by atoms with E-state index in [-0.39, 0.29) is 23.0 Å². The van der Waals surface area contributed by atoms with E-state index in [1.54, 1.807) is 6.07 Å². The molecular weight excluding hydrogens is 343 g/mol. The average molecular weight is 372 g/mol. The second kappa shape index (κ2) is 7.61. The first-order valence-electron chi connectivity index (χ1n) is 10.3. The molecule has 0 spiro atoms. The zero-order chi connectivity index (χ0) is 18.9. The standard InChI is InChI=1S/C22H29FN2O2/c23-19-3-1-2-15(11-19)4-6-24-20(26)5-7-25-21(27)22-12-16-8-17(13-22)10-18(9-16)14-22/h1-3,11,16-18H,4-10,12-14H2,(H,24,26)(H,25,27). The summed E-state index contributed by atoms with van der Waals surface area (Å²) in [5, 5.41) is 5.88. The number of halogens is 1. The predicted molar refractivity (Wildman–Crippen MR) is 101 cm³/mol. The van der Waals surface area contributed by atoms with Crippen LogP contribution in [0.15, 0.2) is 24.3 Å². The lowest BCUT2D eigenvalue weighted by Crippen LogP contribution is -2.53. The highest BCUT2D eigenvalue weighted by Crippen LogP contribution is 2.60. The molecule has 2 amide bonds. The first kappa shape index (κ1) is 18.5. The maximum absolute atomic E-state index is 13.1. The highest BCUT2D eigenvalue weighted by molar-refractivity contribution is 5.84. The third-order valence-corrected chi connectivity index (χ3v) is 6.78. The largest absolute Gasteiger partial charge is 0.356 e. The fraction of sp³-hybridized carbons (Fsp3) is 0.636. The van der Waals surface area contributed by atoms with E-state index in [1.807, 2.05) is 6.07 Å². The van der Waals surface area contributed by atoms with Crippen LogP contribution in [0.3, 0.4) is 0 Å². The molecular formula is C22H29FN2O2. The molecule has 0 heterocycles. The molecule has 0 aromatic heterocycles. The van der Waals surface area contributed by atoms with Crippen molar-refractivity contribution in [1.82, 2.24) is 10.6 Å². The van der Waals surface area contributed by atoms with Crippen LogP contribution < -0.4 is 10.6 Å². The van der Waals surface area contributed by atoms with Crippen LogP contribution >= 0.6 is 0 Å². The minimum Gasteiger partial charge on any atom is -0.356 e. The number of rotatable bonds is 7. The van der Waals surface area contributed by atoms with Gasteiger partial charge in [0.15, 0.2) is 0 Å². The Labute approximate surface area is 160 Å². The molecule has 4 nitrogen and oxygen atoms in total. The van der Waals surface area contributed by atoms with Crippen molar-refractivity contribution in [3.8, 4) is 0 Å². The first-order chi connectivity index (χ1) is 13.0. The number of amides is 2. The van der Waals surface area contributed by atoms with Crippen molar-refractivity contribution in [3.05, 3.63) is 35.6 Å². The van der Waals surface area contributed by atoms with E-state index in [0.717, 1.165) is 42.6 Å². The van der Waals surface area contributed by atoms with Crippen LogP contribution in [0.2, 0.25) is 0 Å². The lowest BCUT2D eigenvalue weighted by molar-refractivity contribution is -0.146. The molecule has 0 aliphatic heterocycles. The van der Waals surface area contributed by atoms with E-state index in [9.17, 15) is 14.0 Å². The van der Waals surface area contributed by atoms with Crippen molar-refractivity contribution in [3.63, 3.8) is 0 Å². The number of nitrogens with one attached hydrogen (secondary N) is 2. The molecule has 0 saturated heterocycles. The van der Waals surface area contributed by atoms with Crippen molar-refractivity contribution in [1.29, 1.82) is 0 Å². The van der Waals surface area contributed by atoms with Gasteiger partial charge < -0.3 is 10.6 Å². The van der Waals surface area contributed by atoms with Gasteiger partial charge in [0.05, 0.1) is 0 Å². The number of carbonyl (C=O) groups excluding carboxylic acids is 2. The Kier molecular flexibility index (Phi) is 5.20. The molecule has 1 aromatic rings. The van der Waals surface area contributed by atoms with Gasteiger partial charge >= 0.3 is 0 Å². The summed E-state index contributed by atoms with van der Waals surface area (Å²) in [6.07, 6.45) is 7.99. The minimum atomic E-state index is -0.258. The fourth-order valence-corrected chi connectivity index (χ4v) is 5.99. The molecule has 0 atom stereocenters. The highest BCUT2D eigenvalue weighted by Gasteiger charge is 2.54. The van der Waals surface area contributed by atoms with Crippen molar-refractivity contribution in [2.24, 2.45) is 23.2 Å². The maximum Gasteiger partial charge on any atom is 0.226 e. The van der Waals surface area contributed by atoms with Crippen LogP contribution in [0, 0.1) is 29.0 Å². The second-order valence-electron chi connectivity index (χ2n) is 8.93. The zero-order valence-electron chi connectivity index (χ0n) is 15.8. The molecule has 4 aliphatic rings. The molecule has 27 heavy (non-hydrogen) atoms. The van der Waals surface area contributed by atoms with Crippen LogP contribution in [0.5, 0.6) is 0 Å². The highest BCUT2D eigenvalue weighted by atomic mass is 19.1. The smallest absolute Gasteiger partial charge is 0.226 e. The average Bonchev–Trinajstić information content (AvgIpc) is 2.60. The number of benzene rings is 1. The van der Waals surface area contributed by atoms with E-state index < -0.39 is 0 Å². The van der Waals surface area contributed by atoms with Gasteiger partial charge in [0.25, 0.3) is 0 Å². The molecule has 0 radical (unpaired) electrons. The van der Waals surface area contributed by atoms with Gasteiger partial charge in [-0.05, 0) is 80.4 Å². The second-order valence-corrected chi connectivity index (χ2v) is 8.93. The van der Waals surface area contributed by atoms with E-state index in [4.69, 9.17) is 0 Å². The molecule has 2 N–H and O–H groups in total. The van der Waals surface area contributed by atoms with Gasteiger partial charge in [-0.15, -0.1) is 0 Å². The van der Waals surface area contributed by atoms with Gasteiger partial charge in [-0.3, -0.25) is 9.59 Å². The number of hydrogen-bond donors (Lipinski definition) is 2. The summed E-state index contributed by atoms with van der Waals surface area (Å²) >= 11 is 0. The molecule has 4 aliphatic carbocycles. The topological polar surface area (TPSA) is 58.2 Å². The van der Waals surface area contributed by atoms with Crippen LogP contribution in [0.1, 0.15) is 50.5 Å². The van der Waals surface area contributed by atoms with Gasteiger partial charge in [-0.2, -0.15) is 0 Å². The summed E-state index contributed by atoms with van der Waals surface area (Å²) in [6.45, 7) is 0.873. The summed E-state index contributed by atoms with van der Waals surface area (Å²) in [6, 6.07) is 6.42. The Balaban J connectivity index is 1.17. The normalized spacial score (nSPS) is 30.9. The van der Waals surface area contributed by atoms with E-state index in [2.05, 4.69) is 10.6 Å². The maximum atomic E-state index is 13.1. The predicted octanol–water partition coefficient (Wildman–Crippen LogP) is 3.21. The summed E-state index contributed by atoms with van der Waals surface area (Å²) < 4.78 is 13.1. The summed E-state index contributed by atoms with van der Waals surface area (Å²) in [5.74, 6) is 2.08. The first-order valence-corrected chi connectivity index (χ1v) is 10.3. The summed E-state index contributed by atoms with van der Waals surface area (Å²) in [4.78, 5) is 24.8. The van der Waals surface area contributed by atoms with Crippen molar-refractivity contribution in [2.75, 3.05) is 13.1 Å². The van der Waals surface area contributed by atoms with Crippen molar-refractivity contribution in [2.45, 2.75) is 51.4 Å². The van der Waals surface area contributed by atoms with Gasteiger partial charge in [0.2, 0.25) is 11.8 Å². The van der Waals surface area contributed by atoms with E-state index in [0.29, 0.717) is 25.9 Å². The molecule has 4 fully saturated rings. The van der Waals surface area contributed by atoms with E-state index in [1.165, 1.54) is 31.4 Å². The monoisotopic (exact) mass is 372 g/mol. The molecule has 146 valence electrons. The van der Waals surface area contributed by atoms with Crippen LogP contribution in [-0.2, 0) is 16.0 Å². The van der Waals surface area contributed by atoms with Gasteiger partial charge in [-0.1, -0.05) is 12.1 Å². The molecule has 5 heteroatoms. The molecule has 0 unspecified atom stereocenters. The molecule has 5 rings (SSSR count). The third-order valence-electron chi connectivity index (χ3n) is 6.78. The van der Waals surface area contributed by atoms with Crippen LogP contribution in [-0.4, -0.2) is 24.9 Å². The number of hydrogen-bond acceptors (Lipinski definition) is 2. The third kappa shape index (κ3) is 4.17. The summed E-state index contributed by atoms with van der Waals surface area (Å²) in [5.41, 5.74) is 0.716. The minimum absolute atomic E-state index is 0.0720. The SMILES string of the molecule is O=C(CCNC(=O)C12CC3CC(CC(C3)C1)C2)NCCc1cccc(F)c1. The Morgan fingerprint density at radius 1 is 1.00 bits per heavy atom. The van der Waals surface area contributed by atoms with Crippen LogP contribution in [0.4, 0.5) is 4.39 Å². The Morgan fingerprint density at radius 2 is 1.67 bits per heavy atom. The lowest BCUT2D eigenvalue weighted by atomic mass is 9.49. The quantitative estimate of drug-likeness (QED) is 0.772. The Hall–Kier alpha value is -1.91. The van der Waals surface area contributed by atoms with Crippen molar-refractivity contribution >= 4 is 11.8 Å². The molecule has 1 aromatic carbocycles. The number of carbonyl (C=O) groups is 2. The molecule has 4 bridgehead atoms. The van der Waals surface area contributed by atoms with Crippen molar-refractivity contribution < 1.29 is 14.0 Å². The zero-order valence-corrected chi connectivity index (χ0v) is 15.8. The van der Waals surface area contributed by atoms with Crippen LogP contribution in [0.25, 0.3) is 0 Å². The van der Waals surface area contributed by atoms with Gasteiger partial charge in [-0.25, -0.2) is 4.39 Å². The summed E-state index contributed by atoms with van der Waals surface area (Å²) in [7, 11) is 0. The van der Waals surface area contributed by atoms with Gasteiger partial charge in [0.1, 0.15) is 5.82 Å². The Morgan fingerprint density at radius 3 is 2.30 bits per heavy atom. The Bertz CT molecular complexity index is 683. The van der Waals surface area contributed by atoms with E-state index >= 15 is 0 Å².